The highest BCUT2D eigenvalue weighted by Crippen LogP contribution is 2.44. The van der Waals surface area contributed by atoms with Crippen LogP contribution in [-0.4, -0.2) is 216 Å². The first kappa shape index (κ1) is 55.0. The van der Waals surface area contributed by atoms with Gasteiger partial charge in [0, 0.05) is 19.5 Å². The van der Waals surface area contributed by atoms with Crippen LogP contribution in [0.1, 0.15) is 23.5 Å². The Hall–Kier alpha value is -3.34. The van der Waals surface area contributed by atoms with E-state index < -0.39 is 0 Å². The number of methoxy groups -OCH3 is 1. The van der Waals surface area contributed by atoms with Gasteiger partial charge in [-0.1, -0.05) is 48.5 Å². The molecule has 364 valence electrons. The monoisotopic (exact) mass is 911 g/mol. The Balaban J connectivity index is 0.925. The minimum Gasteiger partial charge on any atom is -0.469 e. The summed E-state index contributed by atoms with van der Waals surface area (Å²) in [6.07, 6.45) is -0.131. The Morgan fingerprint density at radius 2 is 0.703 bits per heavy atom. The quantitative estimate of drug-likeness (QED) is 0.0695. The number of carbonyl (C=O) groups is 2. The number of amides is 1. The van der Waals surface area contributed by atoms with Crippen molar-refractivity contribution < 1.29 is 80.6 Å². The molecule has 18 nitrogen and oxygen atoms in total. The van der Waals surface area contributed by atoms with Crippen molar-refractivity contribution in [3.8, 4) is 11.1 Å². The largest absolute Gasteiger partial charge is 0.469 e. The van der Waals surface area contributed by atoms with Crippen molar-refractivity contribution in [2.24, 2.45) is 0 Å². The van der Waals surface area contributed by atoms with Gasteiger partial charge in [-0.25, -0.2) is 4.79 Å². The molecule has 3 rings (SSSR count). The molecule has 0 aliphatic heterocycles. The van der Waals surface area contributed by atoms with Gasteiger partial charge in [-0.05, 0) is 22.3 Å². The second-order valence-electron chi connectivity index (χ2n) is 14.0. The third-order valence-corrected chi connectivity index (χ3v) is 9.36. The second kappa shape index (κ2) is 38.9. The van der Waals surface area contributed by atoms with E-state index in [1.165, 1.54) is 34.3 Å². The maximum atomic E-state index is 12.6. The zero-order valence-corrected chi connectivity index (χ0v) is 38.1. The Bertz CT molecular complexity index is 1390. The summed E-state index contributed by atoms with van der Waals surface area (Å²) < 4.78 is 81.5. The molecule has 0 fully saturated rings. The predicted molar refractivity (Wildman–Crippen MR) is 235 cm³/mol. The van der Waals surface area contributed by atoms with E-state index in [0.717, 1.165) is 0 Å². The van der Waals surface area contributed by atoms with Crippen molar-refractivity contribution in [3.63, 3.8) is 0 Å². The lowest BCUT2D eigenvalue weighted by Gasteiger charge is -2.19. The Kier molecular flexibility index (Phi) is 33.4. The summed E-state index contributed by atoms with van der Waals surface area (Å²) in [5.74, 6) is -0.258. The van der Waals surface area contributed by atoms with Crippen LogP contribution in [0.4, 0.5) is 4.79 Å². The van der Waals surface area contributed by atoms with E-state index in [1.807, 2.05) is 24.3 Å². The summed E-state index contributed by atoms with van der Waals surface area (Å²) >= 11 is 0. The third kappa shape index (κ3) is 26.6. The predicted octanol–water partition coefficient (Wildman–Crippen LogP) is 3.65. The number of fused-ring (bicyclic) bond motifs is 3. The van der Waals surface area contributed by atoms with Gasteiger partial charge in [-0.3, -0.25) is 4.79 Å². The van der Waals surface area contributed by atoms with Crippen LogP contribution in [0, 0.1) is 0 Å². The van der Waals surface area contributed by atoms with Crippen molar-refractivity contribution in [2.75, 3.05) is 199 Å². The van der Waals surface area contributed by atoms with Crippen LogP contribution in [-0.2, 0) is 75.8 Å². The molecule has 0 N–H and O–H groups in total. The fourth-order valence-electron chi connectivity index (χ4n) is 6.00. The van der Waals surface area contributed by atoms with Crippen LogP contribution in [0.2, 0.25) is 0 Å². The lowest BCUT2D eigenvalue weighted by Crippen LogP contribution is -2.32. The number of rotatable bonds is 44. The van der Waals surface area contributed by atoms with Crippen molar-refractivity contribution in [1.82, 2.24) is 4.90 Å². The van der Waals surface area contributed by atoms with Crippen molar-refractivity contribution in [1.29, 1.82) is 0 Å². The van der Waals surface area contributed by atoms with Crippen molar-refractivity contribution in [2.45, 2.75) is 12.3 Å². The number of esters is 1. The molecule has 0 spiro atoms. The van der Waals surface area contributed by atoms with Crippen LogP contribution in [0.25, 0.3) is 11.1 Å². The molecular formula is C46H73NO17. The summed E-state index contributed by atoms with van der Waals surface area (Å²) in [6, 6.07) is 16.6. The second-order valence-corrected chi connectivity index (χ2v) is 14.0. The van der Waals surface area contributed by atoms with Crippen LogP contribution in [0.5, 0.6) is 0 Å². The molecule has 0 radical (unpaired) electrons. The van der Waals surface area contributed by atoms with Gasteiger partial charge in [0.25, 0.3) is 0 Å². The number of likely N-dealkylation sites (N-methyl/N-ethyl adjacent to an activating group) is 1. The van der Waals surface area contributed by atoms with Gasteiger partial charge in [-0.2, -0.15) is 0 Å². The molecule has 0 saturated heterocycles. The summed E-state index contributed by atoms with van der Waals surface area (Å²) in [4.78, 5) is 25.1. The minimum atomic E-state index is -0.369. The standard InChI is InChI=1S/C46H73NO17/c1-47(46(49)64-39-44-42-9-5-3-7-40(42)41-8-4-6-10-43(41)44)12-14-52-16-18-54-20-22-56-24-26-58-28-30-60-32-34-62-36-38-63-37-35-61-33-31-59-29-27-57-25-23-55-21-19-53-17-15-51-13-11-45(48)50-2/h3-10,44H,11-39H2,1-2H3. The number of benzene rings is 2. The zero-order chi connectivity index (χ0) is 45.4. The number of carbonyl (C=O) groups excluding carboxylic acids is 2. The van der Waals surface area contributed by atoms with Gasteiger partial charge in [0.05, 0.1) is 185 Å². The molecule has 0 saturated carbocycles. The number of ether oxygens (including phenoxy) is 15. The molecule has 2 aromatic rings. The Labute approximate surface area is 379 Å². The highest BCUT2D eigenvalue weighted by molar-refractivity contribution is 5.79. The smallest absolute Gasteiger partial charge is 0.409 e. The van der Waals surface area contributed by atoms with Gasteiger partial charge < -0.3 is 76.0 Å². The zero-order valence-electron chi connectivity index (χ0n) is 38.1. The number of hydrogen-bond donors (Lipinski definition) is 0. The van der Waals surface area contributed by atoms with Crippen LogP contribution in [0.15, 0.2) is 48.5 Å². The van der Waals surface area contributed by atoms with E-state index in [2.05, 4.69) is 29.0 Å². The summed E-state index contributed by atoms with van der Waals surface area (Å²) in [5, 5.41) is 0. The molecule has 2 aromatic carbocycles. The van der Waals surface area contributed by atoms with Crippen molar-refractivity contribution in [3.05, 3.63) is 59.7 Å². The van der Waals surface area contributed by atoms with E-state index in [1.54, 1.807) is 7.05 Å². The molecule has 64 heavy (non-hydrogen) atoms. The van der Waals surface area contributed by atoms with Crippen LogP contribution in [0.3, 0.4) is 0 Å². The first-order valence-corrected chi connectivity index (χ1v) is 22.2. The third-order valence-electron chi connectivity index (χ3n) is 9.36. The molecule has 0 bridgehead atoms. The average molecular weight is 912 g/mol. The van der Waals surface area contributed by atoms with E-state index in [-0.39, 0.29) is 24.4 Å². The Morgan fingerprint density at radius 3 is 1.02 bits per heavy atom. The fraction of sp³-hybridized carbons (Fsp3) is 0.696. The van der Waals surface area contributed by atoms with Crippen molar-refractivity contribution >= 4 is 12.1 Å². The Morgan fingerprint density at radius 1 is 0.422 bits per heavy atom. The van der Waals surface area contributed by atoms with Crippen LogP contribution >= 0.6 is 0 Å². The summed E-state index contributed by atoms with van der Waals surface area (Å²) in [6.45, 7) is 12.7. The topological polar surface area (TPSA) is 176 Å². The molecule has 0 heterocycles. The lowest BCUT2D eigenvalue weighted by atomic mass is 9.98. The summed E-state index contributed by atoms with van der Waals surface area (Å²) in [5.41, 5.74) is 4.78. The van der Waals surface area contributed by atoms with Gasteiger partial charge in [-0.15, -0.1) is 0 Å². The van der Waals surface area contributed by atoms with Gasteiger partial charge in [0.15, 0.2) is 0 Å². The van der Waals surface area contributed by atoms with Gasteiger partial charge in [0.2, 0.25) is 0 Å². The lowest BCUT2D eigenvalue weighted by molar-refractivity contribution is -0.141. The van der Waals surface area contributed by atoms with Gasteiger partial charge in [0.1, 0.15) is 6.61 Å². The number of nitrogens with zero attached hydrogens (tertiary/aromatic N) is 1. The average Bonchev–Trinajstić information content (AvgIpc) is 3.64. The maximum absolute atomic E-state index is 12.6. The molecular weight excluding hydrogens is 838 g/mol. The number of hydrogen-bond acceptors (Lipinski definition) is 17. The van der Waals surface area contributed by atoms with E-state index in [9.17, 15) is 9.59 Å². The minimum absolute atomic E-state index is 0.0327. The molecule has 0 aromatic heterocycles. The molecule has 1 aliphatic rings. The van der Waals surface area contributed by atoms with E-state index in [0.29, 0.717) is 185 Å². The molecule has 0 unspecified atom stereocenters. The molecule has 18 heteroatoms. The molecule has 1 aliphatic carbocycles. The van der Waals surface area contributed by atoms with E-state index >= 15 is 0 Å². The van der Waals surface area contributed by atoms with Crippen LogP contribution < -0.4 is 0 Å². The van der Waals surface area contributed by atoms with Gasteiger partial charge >= 0.3 is 12.1 Å². The first-order chi connectivity index (χ1) is 31.6. The first-order valence-electron chi connectivity index (χ1n) is 22.2. The molecule has 1 amide bonds. The fourth-order valence-corrected chi connectivity index (χ4v) is 6.00. The van der Waals surface area contributed by atoms with E-state index in [4.69, 9.17) is 66.3 Å². The normalized spacial score (nSPS) is 12.1. The summed E-state index contributed by atoms with van der Waals surface area (Å²) in [7, 11) is 3.06. The highest BCUT2D eigenvalue weighted by atomic mass is 16.6. The maximum Gasteiger partial charge on any atom is 0.409 e. The molecule has 0 atom stereocenters. The SMILES string of the molecule is COC(=O)CCOCCOCCOCCOCCOCCOCCOCCOCCOCCOCCOCCOCCOCCN(C)C(=O)OCC1c2ccccc2-c2ccccc21. The highest BCUT2D eigenvalue weighted by Gasteiger charge is 2.29.